The van der Waals surface area contributed by atoms with Gasteiger partial charge in [0.2, 0.25) is 0 Å². The summed E-state index contributed by atoms with van der Waals surface area (Å²) in [6, 6.07) is 5.42. The molecule has 1 amide bonds. The number of anilines is 1. The summed E-state index contributed by atoms with van der Waals surface area (Å²) in [4.78, 5) is 29.6. The molecule has 1 aliphatic carbocycles. The molecule has 0 aliphatic heterocycles. The van der Waals surface area contributed by atoms with Crippen molar-refractivity contribution in [2.24, 2.45) is 0 Å². The van der Waals surface area contributed by atoms with Gasteiger partial charge in [-0.2, -0.15) is 5.10 Å². The van der Waals surface area contributed by atoms with Crippen LogP contribution in [0.3, 0.4) is 0 Å². The van der Waals surface area contributed by atoms with Gasteiger partial charge in [0.05, 0.1) is 23.4 Å². The smallest absolute Gasteiger partial charge is 0.341 e. The van der Waals surface area contributed by atoms with E-state index in [9.17, 15) is 9.59 Å². The van der Waals surface area contributed by atoms with Crippen LogP contribution >= 0.6 is 11.3 Å². The number of carbonyl (C=O) groups excluding carboxylic acids is 2. The molecule has 1 saturated carbocycles. The Balaban J connectivity index is 1.55. The second-order valence-electron chi connectivity index (χ2n) is 7.09. The zero-order valence-corrected chi connectivity index (χ0v) is 17.4. The Morgan fingerprint density at radius 1 is 1.31 bits per heavy atom. The molecule has 3 heterocycles. The normalized spacial score (nSPS) is 13.3. The van der Waals surface area contributed by atoms with Gasteiger partial charge in [-0.1, -0.05) is 0 Å². The molecule has 0 spiro atoms. The lowest BCUT2D eigenvalue weighted by atomic mass is 10.1. The third-order valence-corrected chi connectivity index (χ3v) is 5.69. The molecule has 4 rings (SSSR count). The Bertz CT molecular complexity index is 1060. The van der Waals surface area contributed by atoms with E-state index < -0.39 is 0 Å². The molecular formula is C21H22N4O3S. The van der Waals surface area contributed by atoms with Crippen molar-refractivity contribution in [2.75, 3.05) is 11.9 Å². The van der Waals surface area contributed by atoms with Gasteiger partial charge in [0.15, 0.2) is 5.82 Å². The number of nitrogens with zero attached hydrogens (tertiary/aromatic N) is 3. The maximum Gasteiger partial charge on any atom is 0.341 e. The van der Waals surface area contributed by atoms with Crippen LogP contribution in [-0.4, -0.2) is 33.2 Å². The van der Waals surface area contributed by atoms with Crippen LogP contribution in [0.5, 0.6) is 0 Å². The van der Waals surface area contributed by atoms with Crippen LogP contribution in [0.25, 0.3) is 5.82 Å². The molecule has 0 aromatic carbocycles. The molecule has 0 unspecified atom stereocenters. The number of aromatic nitrogens is 3. The SMILES string of the molecule is CCOC(=O)c1c(C2CC2)csc1NC(=O)c1ccc(-n2nc(C)cc2C)nc1. The van der Waals surface area contributed by atoms with E-state index in [4.69, 9.17) is 4.74 Å². The number of rotatable bonds is 6. The Kier molecular flexibility index (Phi) is 5.19. The summed E-state index contributed by atoms with van der Waals surface area (Å²) in [5.74, 6) is 0.334. The molecule has 29 heavy (non-hydrogen) atoms. The standard InChI is InChI=1S/C21H22N4O3S/c1-4-28-21(27)18-16(14-5-6-14)11-29-20(18)23-19(26)15-7-8-17(22-10-15)25-13(3)9-12(2)24-25/h7-11,14H,4-6H2,1-3H3,(H,23,26). The van der Waals surface area contributed by atoms with Crippen molar-refractivity contribution in [3.63, 3.8) is 0 Å². The minimum atomic E-state index is -0.385. The van der Waals surface area contributed by atoms with Crippen molar-refractivity contribution < 1.29 is 14.3 Å². The number of nitrogens with one attached hydrogen (secondary N) is 1. The summed E-state index contributed by atoms with van der Waals surface area (Å²) < 4.78 is 6.94. The molecule has 150 valence electrons. The minimum Gasteiger partial charge on any atom is -0.462 e. The van der Waals surface area contributed by atoms with Gasteiger partial charge in [-0.05, 0) is 68.7 Å². The predicted octanol–water partition coefficient (Wildman–Crippen LogP) is 4.25. The molecule has 0 bridgehead atoms. The maximum absolute atomic E-state index is 12.7. The van der Waals surface area contributed by atoms with E-state index in [-0.39, 0.29) is 11.9 Å². The highest BCUT2D eigenvalue weighted by Crippen LogP contribution is 2.46. The topological polar surface area (TPSA) is 86.1 Å². The van der Waals surface area contributed by atoms with Crippen molar-refractivity contribution in [3.05, 3.63) is 57.9 Å². The quantitative estimate of drug-likeness (QED) is 0.614. The molecule has 1 N–H and O–H groups in total. The first kappa shape index (κ1) is 19.3. The fourth-order valence-electron chi connectivity index (χ4n) is 3.25. The third-order valence-electron chi connectivity index (χ3n) is 4.78. The number of ether oxygens (including phenoxy) is 1. The largest absolute Gasteiger partial charge is 0.462 e. The van der Waals surface area contributed by atoms with Crippen LogP contribution in [-0.2, 0) is 4.74 Å². The third kappa shape index (κ3) is 3.93. The van der Waals surface area contributed by atoms with E-state index in [1.807, 2.05) is 25.3 Å². The lowest BCUT2D eigenvalue weighted by Gasteiger charge is -2.09. The number of esters is 1. The molecule has 0 saturated heterocycles. The average Bonchev–Trinajstić information content (AvgIpc) is 3.37. The van der Waals surface area contributed by atoms with Gasteiger partial charge < -0.3 is 10.1 Å². The fraction of sp³-hybridized carbons (Fsp3) is 0.333. The molecule has 0 radical (unpaired) electrons. The summed E-state index contributed by atoms with van der Waals surface area (Å²) in [5, 5.41) is 9.73. The van der Waals surface area contributed by atoms with Gasteiger partial charge in [-0.25, -0.2) is 14.5 Å². The first-order valence-electron chi connectivity index (χ1n) is 9.57. The van der Waals surface area contributed by atoms with Crippen LogP contribution < -0.4 is 5.32 Å². The van der Waals surface area contributed by atoms with E-state index in [0.717, 1.165) is 29.8 Å². The first-order valence-corrected chi connectivity index (χ1v) is 10.5. The molecule has 8 heteroatoms. The van der Waals surface area contributed by atoms with E-state index in [1.165, 1.54) is 17.5 Å². The average molecular weight is 410 g/mol. The Labute approximate surface area is 172 Å². The second-order valence-corrected chi connectivity index (χ2v) is 7.97. The van der Waals surface area contributed by atoms with Crippen LogP contribution in [0.1, 0.15) is 63.4 Å². The van der Waals surface area contributed by atoms with Crippen molar-refractivity contribution in [3.8, 4) is 5.82 Å². The van der Waals surface area contributed by atoms with Crippen molar-refractivity contribution in [2.45, 2.75) is 39.5 Å². The highest BCUT2D eigenvalue weighted by Gasteiger charge is 2.32. The molecular weight excluding hydrogens is 388 g/mol. The predicted molar refractivity (Wildman–Crippen MR) is 111 cm³/mol. The Hall–Kier alpha value is -3.00. The van der Waals surface area contributed by atoms with Gasteiger partial charge in [-0.15, -0.1) is 11.3 Å². The summed E-state index contributed by atoms with van der Waals surface area (Å²) in [6.45, 7) is 5.94. The monoisotopic (exact) mass is 410 g/mol. The fourth-order valence-corrected chi connectivity index (χ4v) is 4.28. The summed E-state index contributed by atoms with van der Waals surface area (Å²) >= 11 is 1.36. The van der Waals surface area contributed by atoms with Gasteiger partial charge in [-0.3, -0.25) is 4.79 Å². The van der Waals surface area contributed by atoms with E-state index in [1.54, 1.807) is 23.7 Å². The van der Waals surface area contributed by atoms with Gasteiger partial charge in [0.25, 0.3) is 5.91 Å². The van der Waals surface area contributed by atoms with Crippen molar-refractivity contribution in [1.82, 2.24) is 14.8 Å². The van der Waals surface area contributed by atoms with Crippen LogP contribution in [0.2, 0.25) is 0 Å². The highest BCUT2D eigenvalue weighted by atomic mass is 32.1. The molecule has 3 aromatic rings. The number of thiophene rings is 1. The maximum atomic E-state index is 12.7. The highest BCUT2D eigenvalue weighted by molar-refractivity contribution is 7.15. The van der Waals surface area contributed by atoms with Crippen molar-refractivity contribution >= 4 is 28.2 Å². The summed E-state index contributed by atoms with van der Waals surface area (Å²) in [5.41, 5.74) is 3.74. The second kappa shape index (κ2) is 7.79. The molecule has 7 nitrogen and oxygen atoms in total. The molecule has 3 aromatic heterocycles. The van der Waals surface area contributed by atoms with E-state index >= 15 is 0 Å². The number of pyridine rings is 1. The van der Waals surface area contributed by atoms with E-state index in [2.05, 4.69) is 15.4 Å². The van der Waals surface area contributed by atoms with Gasteiger partial charge in [0.1, 0.15) is 5.00 Å². The number of carbonyl (C=O) groups is 2. The Morgan fingerprint density at radius 3 is 2.69 bits per heavy atom. The number of aryl methyl sites for hydroxylation is 2. The molecule has 0 atom stereocenters. The van der Waals surface area contributed by atoms with Gasteiger partial charge in [0, 0.05) is 11.9 Å². The van der Waals surface area contributed by atoms with Gasteiger partial charge >= 0.3 is 5.97 Å². The number of amides is 1. The van der Waals surface area contributed by atoms with Crippen LogP contribution in [0, 0.1) is 13.8 Å². The number of hydrogen-bond acceptors (Lipinski definition) is 6. The minimum absolute atomic E-state index is 0.296. The number of hydrogen-bond donors (Lipinski definition) is 1. The summed E-state index contributed by atoms with van der Waals surface area (Å²) in [7, 11) is 0. The first-order chi connectivity index (χ1) is 14.0. The van der Waals surface area contributed by atoms with E-state index in [0.29, 0.717) is 34.5 Å². The van der Waals surface area contributed by atoms with Crippen LogP contribution in [0.4, 0.5) is 5.00 Å². The molecule has 1 aliphatic rings. The summed E-state index contributed by atoms with van der Waals surface area (Å²) in [6.07, 6.45) is 3.64. The lowest BCUT2D eigenvalue weighted by Crippen LogP contribution is -2.15. The Morgan fingerprint density at radius 2 is 2.10 bits per heavy atom. The van der Waals surface area contributed by atoms with Crippen LogP contribution in [0.15, 0.2) is 29.8 Å². The zero-order valence-electron chi connectivity index (χ0n) is 16.6. The van der Waals surface area contributed by atoms with Crippen molar-refractivity contribution in [1.29, 1.82) is 0 Å². The lowest BCUT2D eigenvalue weighted by molar-refractivity contribution is 0.0527. The zero-order chi connectivity index (χ0) is 20.5. The molecule has 1 fully saturated rings.